The van der Waals surface area contributed by atoms with Gasteiger partial charge in [-0.05, 0) is 50.5 Å². The van der Waals surface area contributed by atoms with E-state index in [2.05, 4.69) is 10.3 Å². The van der Waals surface area contributed by atoms with Gasteiger partial charge in [0.15, 0.2) is 0 Å². The molecule has 1 rings (SSSR count). The predicted molar refractivity (Wildman–Crippen MR) is 149 cm³/mol. The lowest BCUT2D eigenvalue weighted by atomic mass is 10.0. The van der Waals surface area contributed by atoms with Crippen molar-refractivity contribution >= 4 is 17.5 Å². The number of amides is 1. The van der Waals surface area contributed by atoms with Crippen molar-refractivity contribution in [2.75, 3.05) is 32.1 Å². The molecule has 0 aromatic heterocycles. The Hall–Kier alpha value is -3.29. The molecule has 0 unspecified atom stereocenters. The number of carbonyl (C=O) groups excluding carboxylic acids is 1. The van der Waals surface area contributed by atoms with Gasteiger partial charge in [-0.3, -0.25) is 4.79 Å². The molecule has 0 saturated heterocycles. The van der Waals surface area contributed by atoms with Crippen molar-refractivity contribution in [2.45, 2.75) is 60.6 Å². The van der Waals surface area contributed by atoms with Crippen LogP contribution in [0.5, 0.6) is 0 Å². The smallest absolute Gasteiger partial charge is 0.416 e. The summed E-state index contributed by atoms with van der Waals surface area (Å²) in [6.45, 7) is 11.2. The molecule has 0 radical (unpaired) electrons. The number of allylic oxidation sites excluding steroid dienone is 6. The Labute approximate surface area is 220 Å². The largest absolute Gasteiger partial charge is 0.483 e. The molecule has 206 valence electrons. The van der Waals surface area contributed by atoms with E-state index in [9.17, 15) is 18.0 Å². The van der Waals surface area contributed by atoms with Gasteiger partial charge < -0.3 is 15.0 Å². The van der Waals surface area contributed by atoms with Crippen LogP contribution in [0, 0.1) is 0 Å². The number of hydrogen-bond donors (Lipinski definition) is 1. The van der Waals surface area contributed by atoms with E-state index in [1.165, 1.54) is 7.11 Å². The fourth-order valence-electron chi connectivity index (χ4n) is 3.09. The van der Waals surface area contributed by atoms with E-state index >= 15 is 0 Å². The third kappa shape index (κ3) is 12.5. The fourth-order valence-corrected chi connectivity index (χ4v) is 3.09. The molecule has 0 bridgehead atoms. The lowest BCUT2D eigenvalue weighted by Gasteiger charge is -2.19. The minimum Gasteiger partial charge on any atom is -0.483 e. The summed E-state index contributed by atoms with van der Waals surface area (Å²) in [5.74, 6) is -0.0553. The monoisotopic (exact) mass is 521 g/mol. The van der Waals surface area contributed by atoms with Crippen LogP contribution in [0.25, 0.3) is 0 Å². The van der Waals surface area contributed by atoms with Crippen LogP contribution in [0.15, 0.2) is 82.0 Å². The second-order valence-corrected chi connectivity index (χ2v) is 7.83. The SMILES string of the molecule is CC.C\C=C/C(=C\C(=C\CC)C(F)(F)F)C(N=C(CNC(=O)CN(C)c1ccccc1)OC)=C(C)CC. The van der Waals surface area contributed by atoms with Gasteiger partial charge in [-0.25, -0.2) is 4.99 Å². The number of nitrogens with one attached hydrogen (secondary N) is 1. The predicted octanol–water partition coefficient (Wildman–Crippen LogP) is 7.40. The van der Waals surface area contributed by atoms with E-state index in [1.54, 1.807) is 30.9 Å². The molecule has 0 heterocycles. The number of carbonyl (C=O) groups is 1. The number of benzene rings is 1. The molecule has 5 nitrogen and oxygen atoms in total. The van der Waals surface area contributed by atoms with Crippen LogP contribution >= 0.6 is 0 Å². The van der Waals surface area contributed by atoms with Gasteiger partial charge in [0, 0.05) is 18.3 Å². The fraction of sp³-hybridized carbons (Fsp3) is 0.448. The Morgan fingerprint density at radius 1 is 1.16 bits per heavy atom. The molecule has 1 N–H and O–H groups in total. The molecule has 0 aliphatic rings. The number of nitrogens with zero attached hydrogens (tertiary/aromatic N) is 2. The molecule has 1 aromatic carbocycles. The van der Waals surface area contributed by atoms with Crippen LogP contribution < -0.4 is 10.2 Å². The van der Waals surface area contributed by atoms with Crippen LogP contribution in [0.4, 0.5) is 18.9 Å². The number of likely N-dealkylation sites (N-methyl/N-ethyl adjacent to an activating group) is 1. The van der Waals surface area contributed by atoms with E-state index in [-0.39, 0.29) is 31.3 Å². The zero-order chi connectivity index (χ0) is 28.4. The van der Waals surface area contributed by atoms with E-state index in [4.69, 9.17) is 4.74 Å². The quantitative estimate of drug-likeness (QED) is 0.188. The van der Waals surface area contributed by atoms with Gasteiger partial charge in [-0.15, -0.1) is 0 Å². The van der Waals surface area contributed by atoms with Crippen molar-refractivity contribution in [1.29, 1.82) is 0 Å². The molecular weight excluding hydrogens is 479 g/mol. The van der Waals surface area contributed by atoms with E-state index in [0.29, 0.717) is 17.7 Å². The molecule has 0 aliphatic heterocycles. The van der Waals surface area contributed by atoms with Crippen molar-refractivity contribution in [3.05, 3.63) is 77.1 Å². The van der Waals surface area contributed by atoms with Crippen LogP contribution in [-0.2, 0) is 9.53 Å². The Balaban J connectivity index is 0.00000631. The second kappa shape index (κ2) is 18.0. The first-order valence-electron chi connectivity index (χ1n) is 12.5. The molecule has 0 atom stereocenters. The zero-order valence-corrected chi connectivity index (χ0v) is 23.4. The normalized spacial score (nSPS) is 13.5. The summed E-state index contributed by atoms with van der Waals surface area (Å²) in [6, 6.07) is 9.47. The molecule has 0 spiro atoms. The van der Waals surface area contributed by atoms with Gasteiger partial charge in [0.05, 0.1) is 31.5 Å². The molecule has 1 aromatic rings. The molecule has 37 heavy (non-hydrogen) atoms. The summed E-state index contributed by atoms with van der Waals surface area (Å²) >= 11 is 0. The Bertz CT molecular complexity index is 976. The average molecular weight is 522 g/mol. The number of halogens is 3. The van der Waals surface area contributed by atoms with Gasteiger partial charge in [0.25, 0.3) is 0 Å². The highest BCUT2D eigenvalue weighted by Gasteiger charge is 2.32. The maximum absolute atomic E-state index is 13.6. The highest BCUT2D eigenvalue weighted by Crippen LogP contribution is 2.31. The first-order chi connectivity index (χ1) is 17.6. The van der Waals surface area contributed by atoms with E-state index in [1.807, 2.05) is 65.1 Å². The summed E-state index contributed by atoms with van der Waals surface area (Å²) in [7, 11) is 3.22. The van der Waals surface area contributed by atoms with Gasteiger partial charge in [-0.1, -0.05) is 64.1 Å². The van der Waals surface area contributed by atoms with Gasteiger partial charge in [0.1, 0.15) is 0 Å². The highest BCUT2D eigenvalue weighted by atomic mass is 19.4. The number of rotatable bonds is 11. The summed E-state index contributed by atoms with van der Waals surface area (Å²) < 4.78 is 46.0. The third-order valence-electron chi connectivity index (χ3n) is 5.10. The summed E-state index contributed by atoms with van der Waals surface area (Å²) in [5, 5.41) is 2.77. The van der Waals surface area contributed by atoms with Crippen LogP contribution in [0.2, 0.25) is 0 Å². The summed E-state index contributed by atoms with van der Waals surface area (Å²) in [4.78, 5) is 18.8. The first-order valence-corrected chi connectivity index (χ1v) is 12.5. The van der Waals surface area contributed by atoms with Crippen LogP contribution in [0.3, 0.4) is 0 Å². The lowest BCUT2D eigenvalue weighted by Crippen LogP contribution is -2.38. The highest BCUT2D eigenvalue weighted by molar-refractivity contribution is 5.87. The van der Waals surface area contributed by atoms with Crippen molar-refractivity contribution in [3.63, 3.8) is 0 Å². The van der Waals surface area contributed by atoms with Crippen molar-refractivity contribution in [2.24, 2.45) is 4.99 Å². The minimum absolute atomic E-state index is 0.00148. The summed E-state index contributed by atoms with van der Waals surface area (Å²) in [6.07, 6.45) is 1.84. The van der Waals surface area contributed by atoms with Gasteiger partial charge in [-0.2, -0.15) is 13.2 Å². The van der Waals surface area contributed by atoms with E-state index in [0.717, 1.165) is 23.4 Å². The van der Waals surface area contributed by atoms with Crippen molar-refractivity contribution in [3.8, 4) is 0 Å². The lowest BCUT2D eigenvalue weighted by molar-refractivity contribution is -0.119. The first kappa shape index (κ1) is 33.7. The molecule has 1 amide bonds. The number of para-hydroxylation sites is 1. The zero-order valence-electron chi connectivity index (χ0n) is 23.4. The molecular formula is C29H42F3N3O2. The number of alkyl halides is 3. The molecule has 8 heteroatoms. The standard InChI is InChI=1S/C27H36F3N3O2.C2H6/c1-7-13-21(17-22(14-8-2)27(28,29)30)26(20(4)9-3)32-25(35-6)18-31-24(34)19-33(5)23-15-11-10-12-16-23;1-2/h7,10-17H,8-9,18-19H2,1-6H3,(H,31,34);1-2H3/b13-7-,21-17+,22-14-,26-20?,32-25?;. The van der Waals surface area contributed by atoms with Gasteiger partial charge >= 0.3 is 6.18 Å². The average Bonchev–Trinajstić information content (AvgIpc) is 2.89. The Kier molecular flexibility index (Phi) is 16.4. The topological polar surface area (TPSA) is 53.9 Å². The number of anilines is 1. The number of aliphatic imine (C=N–C) groups is 1. The second-order valence-electron chi connectivity index (χ2n) is 7.83. The maximum atomic E-state index is 13.6. The Morgan fingerprint density at radius 3 is 2.27 bits per heavy atom. The maximum Gasteiger partial charge on any atom is 0.416 e. The number of ether oxygens (including phenoxy) is 1. The molecule has 0 aliphatic carbocycles. The van der Waals surface area contributed by atoms with Crippen molar-refractivity contribution < 1.29 is 22.7 Å². The van der Waals surface area contributed by atoms with Crippen LogP contribution in [-0.4, -0.2) is 45.2 Å². The van der Waals surface area contributed by atoms with Gasteiger partial charge in [0.2, 0.25) is 11.8 Å². The number of hydrogen-bond acceptors (Lipinski definition) is 4. The van der Waals surface area contributed by atoms with Crippen molar-refractivity contribution in [1.82, 2.24) is 5.32 Å². The number of methoxy groups -OCH3 is 1. The molecule has 0 fully saturated rings. The minimum atomic E-state index is -4.49. The Morgan fingerprint density at radius 2 is 1.78 bits per heavy atom. The van der Waals surface area contributed by atoms with E-state index < -0.39 is 11.7 Å². The third-order valence-corrected chi connectivity index (χ3v) is 5.10. The molecule has 0 saturated carbocycles. The van der Waals surface area contributed by atoms with Crippen LogP contribution in [0.1, 0.15) is 54.4 Å². The summed E-state index contributed by atoms with van der Waals surface area (Å²) in [5.41, 5.74) is 1.64.